The third-order valence-electron chi connectivity index (χ3n) is 6.13. The summed E-state index contributed by atoms with van der Waals surface area (Å²) in [5, 5.41) is 30.7. The molecule has 190 valence electrons. The normalized spacial score (nSPS) is 17.7. The Hall–Kier alpha value is -4.00. The van der Waals surface area contributed by atoms with Crippen LogP contribution in [-0.4, -0.2) is 40.0 Å². The number of aliphatic hydroxyl groups is 1. The number of rotatable bonds is 9. The zero-order valence-electron chi connectivity index (χ0n) is 21.0. The number of cyclic esters (lactones) is 1. The van der Waals surface area contributed by atoms with E-state index in [1.54, 1.807) is 12.1 Å². The minimum Gasteiger partial charge on any atom is -0.508 e. The Balaban J connectivity index is 1.95. The third-order valence-corrected chi connectivity index (χ3v) is 6.13. The molecular weight excluding hydrogens is 460 g/mol. The molecule has 0 unspecified atom stereocenters. The summed E-state index contributed by atoms with van der Waals surface area (Å²) in [5.41, 5.74) is 2.07. The first kappa shape index (κ1) is 26.6. The molecule has 0 bridgehead atoms. The van der Waals surface area contributed by atoms with Gasteiger partial charge in [0.1, 0.15) is 11.5 Å². The van der Waals surface area contributed by atoms with Gasteiger partial charge in [-0.2, -0.15) is 0 Å². The van der Waals surface area contributed by atoms with Crippen LogP contribution < -0.4 is 0 Å². The smallest absolute Gasteiger partial charge is 0.375 e. The van der Waals surface area contributed by atoms with Crippen LogP contribution in [0.2, 0.25) is 0 Å². The zero-order chi connectivity index (χ0) is 26.5. The monoisotopic (exact) mass is 492 g/mol. The lowest BCUT2D eigenvalue weighted by Gasteiger charge is -2.28. The van der Waals surface area contributed by atoms with Crippen LogP contribution in [0.4, 0.5) is 0 Å². The molecule has 7 nitrogen and oxygen atoms in total. The fourth-order valence-corrected chi connectivity index (χ4v) is 4.23. The fourth-order valence-electron chi connectivity index (χ4n) is 4.23. The van der Waals surface area contributed by atoms with Gasteiger partial charge in [0.2, 0.25) is 11.4 Å². The van der Waals surface area contributed by atoms with Crippen LogP contribution in [0.3, 0.4) is 0 Å². The number of phenols is 2. The fraction of sp³-hybridized carbons (Fsp3) is 0.310. The number of carbonyl (C=O) groups is 2. The molecule has 0 aliphatic carbocycles. The zero-order valence-corrected chi connectivity index (χ0v) is 21.0. The first-order valence-corrected chi connectivity index (χ1v) is 11.7. The summed E-state index contributed by atoms with van der Waals surface area (Å²) in [4.78, 5) is 25.5. The van der Waals surface area contributed by atoms with Crippen molar-refractivity contribution in [2.45, 2.75) is 52.1 Å². The SMILES string of the molecule is COC(=O)[C@]1(Cc2ccc(O)c(C/C=C(\C)CCC=C(C)C)c2)OC(=O)C(O)=C1c1ccc(O)cc1. The molecule has 3 N–H and O–H groups in total. The van der Waals surface area contributed by atoms with E-state index in [0.29, 0.717) is 23.1 Å². The highest BCUT2D eigenvalue weighted by Gasteiger charge is 2.55. The molecule has 0 fully saturated rings. The molecule has 0 saturated heterocycles. The van der Waals surface area contributed by atoms with Crippen molar-refractivity contribution >= 4 is 17.5 Å². The predicted octanol–water partition coefficient (Wildman–Crippen LogP) is 5.31. The molecule has 1 atom stereocenters. The number of methoxy groups -OCH3 is 1. The number of allylic oxidation sites excluding steroid dienone is 4. The third kappa shape index (κ3) is 5.79. The Kier molecular flexibility index (Phi) is 8.25. The molecule has 2 aromatic carbocycles. The highest BCUT2D eigenvalue weighted by atomic mass is 16.6. The largest absolute Gasteiger partial charge is 0.508 e. The van der Waals surface area contributed by atoms with Crippen molar-refractivity contribution in [1.29, 1.82) is 0 Å². The molecule has 0 aromatic heterocycles. The average Bonchev–Trinajstić information content (AvgIpc) is 3.09. The maximum atomic E-state index is 13.0. The average molecular weight is 493 g/mol. The number of aromatic hydroxyl groups is 2. The second kappa shape index (κ2) is 11.2. The number of phenolic OH excluding ortho intramolecular Hbond substituents is 2. The summed E-state index contributed by atoms with van der Waals surface area (Å²) in [6.07, 6.45) is 6.45. The van der Waals surface area contributed by atoms with Crippen LogP contribution in [-0.2, 0) is 31.9 Å². The molecule has 7 heteroatoms. The number of benzene rings is 2. The van der Waals surface area contributed by atoms with E-state index in [-0.39, 0.29) is 23.5 Å². The predicted molar refractivity (Wildman–Crippen MR) is 136 cm³/mol. The first-order chi connectivity index (χ1) is 17.1. The summed E-state index contributed by atoms with van der Waals surface area (Å²) in [5.74, 6) is -2.50. The van der Waals surface area contributed by atoms with Crippen LogP contribution in [0, 0.1) is 0 Å². The van der Waals surface area contributed by atoms with Crippen LogP contribution in [0.1, 0.15) is 50.3 Å². The maximum absolute atomic E-state index is 13.0. The maximum Gasteiger partial charge on any atom is 0.375 e. The quantitative estimate of drug-likeness (QED) is 0.321. The molecule has 3 rings (SSSR count). The van der Waals surface area contributed by atoms with Gasteiger partial charge in [-0.3, -0.25) is 0 Å². The van der Waals surface area contributed by atoms with Gasteiger partial charge in [-0.05, 0) is 74.9 Å². The number of ether oxygens (including phenoxy) is 2. The lowest BCUT2D eigenvalue weighted by Crippen LogP contribution is -2.44. The molecule has 0 radical (unpaired) electrons. The van der Waals surface area contributed by atoms with E-state index >= 15 is 0 Å². The Labute approximate surface area is 211 Å². The van der Waals surface area contributed by atoms with E-state index in [9.17, 15) is 24.9 Å². The van der Waals surface area contributed by atoms with Crippen molar-refractivity contribution in [3.05, 3.63) is 88.2 Å². The van der Waals surface area contributed by atoms with Crippen molar-refractivity contribution in [3.63, 3.8) is 0 Å². The van der Waals surface area contributed by atoms with Crippen molar-refractivity contribution in [3.8, 4) is 11.5 Å². The second-order valence-corrected chi connectivity index (χ2v) is 9.19. The Bertz CT molecular complexity index is 1230. The van der Waals surface area contributed by atoms with Gasteiger partial charge in [0.05, 0.1) is 12.7 Å². The van der Waals surface area contributed by atoms with Gasteiger partial charge in [0, 0.05) is 6.42 Å². The number of aliphatic hydroxyl groups excluding tert-OH is 1. The van der Waals surface area contributed by atoms with Crippen LogP contribution in [0.5, 0.6) is 11.5 Å². The minimum atomic E-state index is -1.93. The lowest BCUT2D eigenvalue weighted by atomic mass is 9.83. The van der Waals surface area contributed by atoms with Crippen molar-refractivity contribution in [2.24, 2.45) is 0 Å². The molecule has 36 heavy (non-hydrogen) atoms. The van der Waals surface area contributed by atoms with E-state index in [4.69, 9.17) is 9.47 Å². The van der Waals surface area contributed by atoms with Crippen LogP contribution in [0.25, 0.3) is 5.57 Å². The van der Waals surface area contributed by atoms with E-state index in [2.05, 4.69) is 26.0 Å². The molecule has 1 aliphatic heterocycles. The van der Waals surface area contributed by atoms with E-state index in [1.807, 2.05) is 6.92 Å². The number of esters is 2. The molecule has 0 amide bonds. The summed E-state index contributed by atoms with van der Waals surface area (Å²) in [6.45, 7) is 6.17. The highest BCUT2D eigenvalue weighted by Crippen LogP contribution is 2.43. The summed E-state index contributed by atoms with van der Waals surface area (Å²) in [6, 6.07) is 10.6. The van der Waals surface area contributed by atoms with Crippen molar-refractivity contribution < 1.29 is 34.4 Å². The molecular formula is C29H32O7. The topological polar surface area (TPSA) is 113 Å². The summed E-state index contributed by atoms with van der Waals surface area (Å²) >= 11 is 0. The van der Waals surface area contributed by atoms with Gasteiger partial charge < -0.3 is 24.8 Å². The standard InChI is InChI=1S/C29H32O7/c1-18(2)6-5-7-19(3)8-10-22-16-20(9-15-24(22)31)17-29(28(34)35-4)25(26(32)27(33)36-29)21-11-13-23(30)14-12-21/h6,8-9,11-16,30-32H,5,7,10,17H2,1-4H3/b19-8+/t29-/m1/s1. The molecule has 1 aliphatic rings. The lowest BCUT2D eigenvalue weighted by molar-refractivity contribution is -0.169. The highest BCUT2D eigenvalue weighted by molar-refractivity contribution is 6.11. The second-order valence-electron chi connectivity index (χ2n) is 9.19. The first-order valence-electron chi connectivity index (χ1n) is 11.7. The van der Waals surface area contributed by atoms with Gasteiger partial charge in [0.25, 0.3) is 0 Å². The van der Waals surface area contributed by atoms with Crippen molar-refractivity contribution in [1.82, 2.24) is 0 Å². The van der Waals surface area contributed by atoms with Crippen molar-refractivity contribution in [2.75, 3.05) is 7.11 Å². The Morgan fingerprint density at radius 3 is 2.36 bits per heavy atom. The van der Waals surface area contributed by atoms with Gasteiger partial charge in [-0.25, -0.2) is 9.59 Å². The number of hydrogen-bond donors (Lipinski definition) is 3. The molecule has 2 aromatic rings. The van der Waals surface area contributed by atoms with Crippen LogP contribution >= 0.6 is 0 Å². The summed E-state index contributed by atoms with van der Waals surface area (Å²) in [7, 11) is 1.17. The Morgan fingerprint density at radius 2 is 1.72 bits per heavy atom. The number of hydrogen-bond acceptors (Lipinski definition) is 7. The minimum absolute atomic E-state index is 0.0138. The van der Waals surface area contributed by atoms with Gasteiger partial charge >= 0.3 is 11.9 Å². The van der Waals surface area contributed by atoms with Gasteiger partial charge in [-0.15, -0.1) is 0 Å². The molecule has 0 spiro atoms. The van der Waals surface area contributed by atoms with E-state index in [0.717, 1.165) is 12.8 Å². The summed E-state index contributed by atoms with van der Waals surface area (Å²) < 4.78 is 10.5. The number of carbonyl (C=O) groups excluding carboxylic acids is 2. The Morgan fingerprint density at radius 1 is 1.03 bits per heavy atom. The van der Waals surface area contributed by atoms with E-state index < -0.39 is 23.3 Å². The van der Waals surface area contributed by atoms with Gasteiger partial charge in [-0.1, -0.05) is 47.6 Å². The van der Waals surface area contributed by atoms with Gasteiger partial charge in [0.15, 0.2) is 0 Å². The van der Waals surface area contributed by atoms with E-state index in [1.165, 1.54) is 48.6 Å². The molecule has 1 heterocycles. The molecule has 0 saturated carbocycles. The van der Waals surface area contributed by atoms with Crippen LogP contribution in [0.15, 0.2) is 71.5 Å².